The molecule has 2 aromatic heterocycles. The molecular formula is C14H12ClN3S2. The Morgan fingerprint density at radius 2 is 2.00 bits per heavy atom. The second-order valence-electron chi connectivity index (χ2n) is 4.26. The zero-order chi connectivity index (χ0) is 14.1. The number of aromatic nitrogens is 3. The smallest absolute Gasteiger partial charge is 0.157 e. The molecule has 0 fully saturated rings. The number of thiazole rings is 1. The monoisotopic (exact) mass is 321 g/mol. The molecule has 0 saturated heterocycles. The van der Waals surface area contributed by atoms with Crippen LogP contribution in [0.1, 0.15) is 18.3 Å². The Morgan fingerprint density at radius 3 is 2.75 bits per heavy atom. The van der Waals surface area contributed by atoms with Gasteiger partial charge in [0, 0.05) is 12.0 Å². The van der Waals surface area contributed by atoms with Gasteiger partial charge in [0.2, 0.25) is 0 Å². The van der Waals surface area contributed by atoms with Gasteiger partial charge in [-0.1, -0.05) is 30.7 Å². The van der Waals surface area contributed by atoms with Crippen molar-refractivity contribution in [2.45, 2.75) is 29.6 Å². The topological polar surface area (TPSA) is 38.7 Å². The number of fused-ring (bicyclic) bond motifs is 1. The Morgan fingerprint density at radius 1 is 1.20 bits per heavy atom. The zero-order valence-corrected chi connectivity index (χ0v) is 13.4. The molecule has 0 amide bonds. The Labute approximate surface area is 130 Å². The summed E-state index contributed by atoms with van der Waals surface area (Å²) in [6.07, 6.45) is 0.771. The lowest BCUT2D eigenvalue weighted by Crippen LogP contribution is -1.98. The molecule has 6 heteroatoms. The number of hydrogen-bond acceptors (Lipinski definition) is 5. The minimum absolute atomic E-state index is 0.528. The third-order valence-electron chi connectivity index (χ3n) is 2.86. The van der Waals surface area contributed by atoms with Gasteiger partial charge < -0.3 is 0 Å². The van der Waals surface area contributed by atoms with Crippen molar-refractivity contribution in [3.05, 3.63) is 40.8 Å². The van der Waals surface area contributed by atoms with Gasteiger partial charge in [0.15, 0.2) is 4.34 Å². The van der Waals surface area contributed by atoms with Crippen LogP contribution in [0.5, 0.6) is 0 Å². The van der Waals surface area contributed by atoms with Crippen LogP contribution in [0.3, 0.4) is 0 Å². The number of hydrogen-bond donors (Lipinski definition) is 0. The van der Waals surface area contributed by atoms with Crippen LogP contribution in [-0.4, -0.2) is 15.0 Å². The molecule has 20 heavy (non-hydrogen) atoms. The lowest BCUT2D eigenvalue weighted by Gasteiger charge is -2.06. The highest BCUT2D eigenvalue weighted by Crippen LogP contribution is 2.36. The van der Waals surface area contributed by atoms with Crippen LogP contribution in [0, 0.1) is 6.92 Å². The quantitative estimate of drug-likeness (QED) is 0.652. The molecular weight excluding hydrogens is 310 g/mol. The third kappa shape index (κ3) is 2.66. The maximum atomic E-state index is 6.16. The van der Waals surface area contributed by atoms with Crippen molar-refractivity contribution in [2.24, 2.45) is 0 Å². The molecule has 102 valence electrons. The fourth-order valence-corrected chi connectivity index (χ4v) is 4.07. The van der Waals surface area contributed by atoms with E-state index in [9.17, 15) is 0 Å². The minimum atomic E-state index is 0.528. The van der Waals surface area contributed by atoms with E-state index in [1.807, 2.05) is 32.0 Å². The second-order valence-corrected chi connectivity index (χ2v) is 6.89. The summed E-state index contributed by atoms with van der Waals surface area (Å²) in [6.45, 7) is 3.96. The van der Waals surface area contributed by atoms with Gasteiger partial charge >= 0.3 is 0 Å². The van der Waals surface area contributed by atoms with Gasteiger partial charge in [-0.15, -0.1) is 11.3 Å². The molecule has 0 radical (unpaired) electrons. The molecule has 1 aromatic carbocycles. The molecule has 0 aliphatic rings. The van der Waals surface area contributed by atoms with E-state index < -0.39 is 0 Å². The van der Waals surface area contributed by atoms with Gasteiger partial charge in [0.25, 0.3) is 0 Å². The van der Waals surface area contributed by atoms with E-state index in [-0.39, 0.29) is 0 Å². The van der Waals surface area contributed by atoms with E-state index >= 15 is 0 Å². The van der Waals surface area contributed by atoms with Crippen molar-refractivity contribution in [1.29, 1.82) is 0 Å². The first-order valence-electron chi connectivity index (χ1n) is 6.24. The van der Waals surface area contributed by atoms with Crippen molar-refractivity contribution in [2.75, 3.05) is 0 Å². The molecule has 0 bridgehead atoms. The molecule has 0 saturated carbocycles. The van der Waals surface area contributed by atoms with Gasteiger partial charge in [0.1, 0.15) is 16.0 Å². The highest BCUT2D eigenvalue weighted by atomic mass is 35.5. The highest BCUT2D eigenvalue weighted by Gasteiger charge is 2.12. The number of nitrogens with zero attached hydrogens (tertiary/aromatic N) is 3. The molecule has 0 aliphatic heterocycles. The maximum Gasteiger partial charge on any atom is 0.157 e. The number of rotatable bonds is 3. The van der Waals surface area contributed by atoms with E-state index in [4.69, 9.17) is 11.6 Å². The van der Waals surface area contributed by atoms with Crippen molar-refractivity contribution >= 4 is 44.9 Å². The van der Waals surface area contributed by atoms with Crippen LogP contribution >= 0.6 is 34.7 Å². The first kappa shape index (κ1) is 13.8. The van der Waals surface area contributed by atoms with E-state index in [1.54, 1.807) is 23.1 Å². The van der Waals surface area contributed by atoms with Crippen LogP contribution in [0.15, 0.2) is 33.6 Å². The maximum absolute atomic E-state index is 6.16. The van der Waals surface area contributed by atoms with Crippen molar-refractivity contribution in [1.82, 2.24) is 15.0 Å². The van der Waals surface area contributed by atoms with E-state index in [1.165, 1.54) is 4.70 Å². The Balaban J connectivity index is 1.99. The number of aryl methyl sites for hydroxylation is 1. The lowest BCUT2D eigenvalue weighted by atomic mass is 10.3. The normalized spacial score (nSPS) is 11.2. The van der Waals surface area contributed by atoms with Crippen LogP contribution in [0.25, 0.3) is 10.2 Å². The predicted octanol–water partition coefficient (Wildman–Crippen LogP) is 4.76. The predicted molar refractivity (Wildman–Crippen MR) is 84.9 cm³/mol. The average Bonchev–Trinajstić information content (AvgIpc) is 2.85. The summed E-state index contributed by atoms with van der Waals surface area (Å²) in [6, 6.07) is 8.12. The summed E-state index contributed by atoms with van der Waals surface area (Å²) in [5.41, 5.74) is 1.93. The second kappa shape index (κ2) is 5.68. The summed E-state index contributed by atoms with van der Waals surface area (Å²) in [4.78, 5) is 13.4. The van der Waals surface area contributed by atoms with E-state index in [2.05, 4.69) is 21.0 Å². The first-order chi connectivity index (χ1) is 9.67. The average molecular weight is 322 g/mol. The van der Waals surface area contributed by atoms with Crippen molar-refractivity contribution in [3.8, 4) is 0 Å². The molecule has 3 nitrogen and oxygen atoms in total. The highest BCUT2D eigenvalue weighted by molar-refractivity contribution is 8.01. The van der Waals surface area contributed by atoms with E-state index in [0.29, 0.717) is 5.15 Å². The van der Waals surface area contributed by atoms with Crippen LogP contribution in [0.4, 0.5) is 0 Å². The molecule has 0 atom stereocenters. The van der Waals surface area contributed by atoms with Gasteiger partial charge in [-0.2, -0.15) is 0 Å². The molecule has 0 N–H and O–H groups in total. The van der Waals surface area contributed by atoms with Crippen LogP contribution < -0.4 is 0 Å². The van der Waals surface area contributed by atoms with E-state index in [0.717, 1.165) is 32.7 Å². The van der Waals surface area contributed by atoms with Crippen molar-refractivity contribution in [3.63, 3.8) is 0 Å². The number of benzene rings is 1. The van der Waals surface area contributed by atoms with Gasteiger partial charge in [-0.25, -0.2) is 15.0 Å². The summed E-state index contributed by atoms with van der Waals surface area (Å²) in [5.74, 6) is 0.768. The summed E-state index contributed by atoms with van der Waals surface area (Å²) < 4.78 is 2.16. The third-order valence-corrected chi connectivity index (χ3v) is 5.42. The standard InChI is InChI=1S/C14H12ClN3S2/c1-3-11-17-12(15)8(2)13(18-11)20-14-16-9-6-4-5-7-10(9)19-14/h4-7H,3H2,1-2H3. The van der Waals surface area contributed by atoms with Gasteiger partial charge in [0.05, 0.1) is 10.2 Å². The Kier molecular flexibility index (Phi) is 3.92. The molecule has 0 spiro atoms. The molecule has 3 rings (SSSR count). The summed E-state index contributed by atoms with van der Waals surface area (Å²) in [7, 11) is 0. The fraction of sp³-hybridized carbons (Fsp3) is 0.214. The van der Waals surface area contributed by atoms with Crippen LogP contribution in [0.2, 0.25) is 5.15 Å². The first-order valence-corrected chi connectivity index (χ1v) is 8.25. The van der Waals surface area contributed by atoms with Crippen LogP contribution in [-0.2, 0) is 6.42 Å². The zero-order valence-electron chi connectivity index (χ0n) is 11.1. The van der Waals surface area contributed by atoms with Gasteiger partial charge in [-0.05, 0) is 30.8 Å². The summed E-state index contributed by atoms with van der Waals surface area (Å²) in [5, 5.41) is 1.42. The Hall–Kier alpha value is -1.17. The summed E-state index contributed by atoms with van der Waals surface area (Å²) >= 11 is 9.39. The van der Waals surface area contributed by atoms with Gasteiger partial charge in [-0.3, -0.25) is 0 Å². The minimum Gasteiger partial charge on any atom is -0.229 e. The number of para-hydroxylation sites is 1. The molecule has 0 aliphatic carbocycles. The molecule has 0 unspecified atom stereocenters. The Bertz CT molecular complexity index is 737. The lowest BCUT2D eigenvalue weighted by molar-refractivity contribution is 0.871. The van der Waals surface area contributed by atoms with Crippen molar-refractivity contribution < 1.29 is 0 Å². The fourth-order valence-electron chi connectivity index (χ4n) is 1.75. The largest absolute Gasteiger partial charge is 0.229 e. The SMILES string of the molecule is CCc1nc(Cl)c(C)c(Sc2nc3ccccc3s2)n1. The number of halogens is 1. The molecule has 2 heterocycles. The molecule has 3 aromatic rings.